The molecule has 1 aromatic heterocycles. The molecule has 1 N–H and O–H groups in total. The largest absolute Gasteiger partial charge is 0.307 e. The number of aryl methyl sites for hydroxylation is 1. The van der Waals surface area contributed by atoms with E-state index in [1.165, 1.54) is 56.2 Å². The van der Waals surface area contributed by atoms with Crippen LogP contribution < -0.4 is 5.32 Å². The van der Waals surface area contributed by atoms with Crippen LogP contribution >= 0.6 is 0 Å². The van der Waals surface area contributed by atoms with Gasteiger partial charge in [0, 0.05) is 30.4 Å². The van der Waals surface area contributed by atoms with Crippen LogP contribution in [-0.2, 0) is 13.5 Å². The quantitative estimate of drug-likeness (QED) is 0.886. The maximum atomic E-state index is 4.42. The molecular formula is C15H25N3. The zero-order valence-electron chi connectivity index (χ0n) is 11.7. The van der Waals surface area contributed by atoms with Gasteiger partial charge in [0.1, 0.15) is 0 Å². The highest BCUT2D eigenvalue weighted by atomic mass is 15.3. The van der Waals surface area contributed by atoms with Gasteiger partial charge >= 0.3 is 0 Å². The van der Waals surface area contributed by atoms with E-state index in [-0.39, 0.29) is 0 Å². The molecule has 0 radical (unpaired) electrons. The Labute approximate surface area is 110 Å². The standard InChI is InChI=1S/C15H25N3/c1-11(9-12-5-3-6-12)17-14-7-4-8-15-13(14)10-16-18(15)2/h10-12,14,17H,3-9H2,1-2H3. The minimum Gasteiger partial charge on any atom is -0.307 e. The summed E-state index contributed by atoms with van der Waals surface area (Å²) in [4.78, 5) is 0. The van der Waals surface area contributed by atoms with Gasteiger partial charge in [-0.15, -0.1) is 0 Å². The van der Waals surface area contributed by atoms with Crippen molar-refractivity contribution in [2.24, 2.45) is 13.0 Å². The van der Waals surface area contributed by atoms with Crippen LogP contribution in [0, 0.1) is 5.92 Å². The van der Waals surface area contributed by atoms with Gasteiger partial charge in [-0.1, -0.05) is 19.3 Å². The van der Waals surface area contributed by atoms with E-state index in [0.717, 1.165) is 5.92 Å². The molecule has 2 aliphatic rings. The fraction of sp³-hybridized carbons (Fsp3) is 0.800. The first kappa shape index (κ1) is 12.2. The van der Waals surface area contributed by atoms with E-state index in [2.05, 4.69) is 35.3 Å². The highest BCUT2D eigenvalue weighted by Crippen LogP contribution is 2.33. The summed E-state index contributed by atoms with van der Waals surface area (Å²) in [5, 5.41) is 8.25. The number of nitrogens with one attached hydrogen (secondary N) is 1. The monoisotopic (exact) mass is 247 g/mol. The van der Waals surface area contributed by atoms with Gasteiger partial charge in [0.25, 0.3) is 0 Å². The Morgan fingerprint density at radius 3 is 2.94 bits per heavy atom. The van der Waals surface area contributed by atoms with Crippen molar-refractivity contribution >= 4 is 0 Å². The Bertz CT molecular complexity index is 406. The van der Waals surface area contributed by atoms with Crippen LogP contribution in [0.3, 0.4) is 0 Å². The summed E-state index contributed by atoms with van der Waals surface area (Å²) in [7, 11) is 2.07. The molecule has 1 fully saturated rings. The molecule has 0 aromatic carbocycles. The van der Waals surface area contributed by atoms with E-state index in [4.69, 9.17) is 0 Å². The van der Waals surface area contributed by atoms with E-state index in [1.54, 1.807) is 0 Å². The van der Waals surface area contributed by atoms with Crippen LogP contribution in [-0.4, -0.2) is 15.8 Å². The Balaban J connectivity index is 1.62. The molecule has 3 rings (SSSR count). The summed E-state index contributed by atoms with van der Waals surface area (Å²) in [5.74, 6) is 0.990. The molecule has 1 heterocycles. The maximum Gasteiger partial charge on any atom is 0.0540 e. The number of hydrogen-bond donors (Lipinski definition) is 1. The second-order valence-electron chi connectivity index (χ2n) is 6.22. The first-order valence-corrected chi connectivity index (χ1v) is 7.51. The third-order valence-electron chi connectivity index (χ3n) is 4.77. The lowest BCUT2D eigenvalue weighted by atomic mass is 9.81. The Morgan fingerprint density at radius 2 is 2.22 bits per heavy atom. The molecule has 1 saturated carbocycles. The van der Waals surface area contributed by atoms with E-state index >= 15 is 0 Å². The van der Waals surface area contributed by atoms with E-state index < -0.39 is 0 Å². The molecule has 1 aromatic rings. The number of aromatic nitrogens is 2. The average Bonchev–Trinajstić information content (AvgIpc) is 2.68. The Hall–Kier alpha value is -0.830. The predicted octanol–water partition coefficient (Wildman–Crippen LogP) is 2.97. The predicted molar refractivity (Wildman–Crippen MR) is 73.4 cm³/mol. The van der Waals surface area contributed by atoms with Crippen LogP contribution in [0.1, 0.15) is 62.7 Å². The van der Waals surface area contributed by atoms with E-state index in [0.29, 0.717) is 12.1 Å². The fourth-order valence-corrected chi connectivity index (χ4v) is 3.52. The zero-order chi connectivity index (χ0) is 12.5. The minimum absolute atomic E-state index is 0.539. The lowest BCUT2D eigenvalue weighted by Crippen LogP contribution is -2.35. The van der Waals surface area contributed by atoms with Gasteiger partial charge in [0.15, 0.2) is 0 Å². The molecule has 3 nitrogen and oxygen atoms in total. The zero-order valence-corrected chi connectivity index (χ0v) is 11.7. The first-order chi connectivity index (χ1) is 8.74. The fourth-order valence-electron chi connectivity index (χ4n) is 3.52. The van der Waals surface area contributed by atoms with E-state index in [1.807, 2.05) is 0 Å². The molecule has 0 saturated heterocycles. The molecule has 2 unspecified atom stereocenters. The van der Waals surface area contributed by atoms with Gasteiger partial charge in [-0.25, -0.2) is 0 Å². The van der Waals surface area contributed by atoms with Crippen molar-refractivity contribution in [1.82, 2.24) is 15.1 Å². The van der Waals surface area contributed by atoms with Gasteiger partial charge in [0.05, 0.1) is 6.20 Å². The molecule has 0 bridgehead atoms. The van der Waals surface area contributed by atoms with E-state index in [9.17, 15) is 0 Å². The van der Waals surface area contributed by atoms with Crippen LogP contribution in [0.25, 0.3) is 0 Å². The normalized spacial score (nSPS) is 25.6. The number of hydrogen-bond acceptors (Lipinski definition) is 2. The molecule has 0 spiro atoms. The number of fused-ring (bicyclic) bond motifs is 1. The van der Waals surface area contributed by atoms with Gasteiger partial charge in [-0.2, -0.15) is 5.10 Å². The molecule has 3 heteroatoms. The second-order valence-corrected chi connectivity index (χ2v) is 6.22. The third-order valence-corrected chi connectivity index (χ3v) is 4.77. The van der Waals surface area contributed by atoms with Crippen molar-refractivity contribution in [1.29, 1.82) is 0 Å². The molecule has 100 valence electrons. The average molecular weight is 247 g/mol. The molecule has 0 aliphatic heterocycles. The molecule has 0 amide bonds. The molecule has 2 atom stereocenters. The second kappa shape index (κ2) is 5.04. The van der Waals surface area contributed by atoms with Crippen molar-refractivity contribution in [3.63, 3.8) is 0 Å². The van der Waals surface area contributed by atoms with Gasteiger partial charge < -0.3 is 5.32 Å². The minimum atomic E-state index is 0.539. The smallest absolute Gasteiger partial charge is 0.0540 e. The number of nitrogens with zero attached hydrogens (tertiary/aromatic N) is 2. The van der Waals surface area contributed by atoms with Crippen molar-refractivity contribution < 1.29 is 0 Å². The molecule has 2 aliphatic carbocycles. The van der Waals surface area contributed by atoms with Crippen molar-refractivity contribution in [3.8, 4) is 0 Å². The number of rotatable bonds is 4. The molecule has 18 heavy (non-hydrogen) atoms. The summed E-state index contributed by atoms with van der Waals surface area (Å²) in [6.07, 6.45) is 11.5. The maximum absolute atomic E-state index is 4.42. The van der Waals surface area contributed by atoms with Crippen molar-refractivity contribution in [3.05, 3.63) is 17.5 Å². The summed E-state index contributed by atoms with van der Waals surface area (Å²) in [5.41, 5.74) is 2.89. The van der Waals surface area contributed by atoms with Gasteiger partial charge in [-0.05, 0) is 38.5 Å². The van der Waals surface area contributed by atoms with Crippen molar-refractivity contribution in [2.75, 3.05) is 0 Å². The summed E-state index contributed by atoms with van der Waals surface area (Å²) < 4.78 is 2.06. The Kier molecular flexibility index (Phi) is 3.42. The van der Waals surface area contributed by atoms with Crippen LogP contribution in [0.2, 0.25) is 0 Å². The lowest BCUT2D eigenvalue weighted by Gasteiger charge is -2.32. The first-order valence-electron chi connectivity index (χ1n) is 7.51. The summed E-state index contributed by atoms with van der Waals surface area (Å²) in [6.45, 7) is 2.35. The lowest BCUT2D eigenvalue weighted by molar-refractivity contribution is 0.253. The summed E-state index contributed by atoms with van der Waals surface area (Å²) >= 11 is 0. The Morgan fingerprint density at radius 1 is 1.39 bits per heavy atom. The summed E-state index contributed by atoms with van der Waals surface area (Å²) in [6, 6.07) is 1.18. The highest BCUT2D eigenvalue weighted by Gasteiger charge is 2.26. The van der Waals surface area contributed by atoms with Gasteiger partial charge in [-0.3, -0.25) is 4.68 Å². The van der Waals surface area contributed by atoms with Gasteiger partial charge in [0.2, 0.25) is 0 Å². The SMILES string of the molecule is CC(CC1CCC1)NC1CCCc2c1cnn2C. The third kappa shape index (κ3) is 2.33. The topological polar surface area (TPSA) is 29.9 Å². The van der Waals surface area contributed by atoms with Crippen LogP contribution in [0.5, 0.6) is 0 Å². The van der Waals surface area contributed by atoms with Crippen LogP contribution in [0.4, 0.5) is 0 Å². The van der Waals surface area contributed by atoms with Crippen LogP contribution in [0.15, 0.2) is 6.20 Å². The van der Waals surface area contributed by atoms with Crippen molar-refractivity contribution in [2.45, 2.75) is 64.0 Å². The molecular weight excluding hydrogens is 222 g/mol. The highest BCUT2D eigenvalue weighted by molar-refractivity contribution is 5.24.